The molecule has 0 aromatic heterocycles. The first-order valence-corrected chi connectivity index (χ1v) is 7.30. The molecule has 2 N–H and O–H groups in total. The van der Waals surface area contributed by atoms with Crippen LogP contribution in [0.2, 0.25) is 0 Å². The van der Waals surface area contributed by atoms with E-state index in [0.717, 1.165) is 0 Å². The number of rotatable bonds is 5. The number of alkyl halides is 3. The molecule has 0 heterocycles. The van der Waals surface area contributed by atoms with Crippen LogP contribution in [0.4, 0.5) is 13.2 Å². The van der Waals surface area contributed by atoms with Crippen LogP contribution >= 0.6 is 0 Å². The van der Waals surface area contributed by atoms with E-state index in [0.29, 0.717) is 25.3 Å². The Labute approximate surface area is 118 Å². The maximum absolute atomic E-state index is 12.7. The van der Waals surface area contributed by atoms with Gasteiger partial charge in [-0.15, -0.1) is 0 Å². The number of nitrogens with one attached hydrogen (secondary N) is 2. The van der Waals surface area contributed by atoms with Crippen molar-refractivity contribution in [3.8, 4) is 0 Å². The topological polar surface area (TPSA) is 41.1 Å². The van der Waals surface area contributed by atoms with Crippen LogP contribution in [-0.4, -0.2) is 30.7 Å². The van der Waals surface area contributed by atoms with Gasteiger partial charge in [0.1, 0.15) is 0 Å². The zero-order valence-electron chi connectivity index (χ0n) is 12.4. The van der Waals surface area contributed by atoms with Crippen molar-refractivity contribution >= 4 is 5.91 Å². The van der Waals surface area contributed by atoms with Gasteiger partial charge in [-0.05, 0) is 32.1 Å². The first-order valence-electron chi connectivity index (χ1n) is 7.30. The molecule has 1 aliphatic carbocycles. The van der Waals surface area contributed by atoms with Gasteiger partial charge in [0.2, 0.25) is 5.91 Å². The first-order chi connectivity index (χ1) is 9.20. The van der Waals surface area contributed by atoms with E-state index in [9.17, 15) is 18.0 Å². The molecular formula is C14H25F3N2O. The fourth-order valence-electron chi connectivity index (χ4n) is 2.53. The molecule has 0 bridgehead atoms. The Morgan fingerprint density at radius 1 is 1.25 bits per heavy atom. The molecule has 3 unspecified atom stereocenters. The average Bonchev–Trinajstić information content (AvgIpc) is 2.35. The van der Waals surface area contributed by atoms with Gasteiger partial charge in [-0.25, -0.2) is 0 Å². The third kappa shape index (κ3) is 5.69. The summed E-state index contributed by atoms with van der Waals surface area (Å²) in [7, 11) is 0. The van der Waals surface area contributed by atoms with Crippen LogP contribution in [0.3, 0.4) is 0 Å². The Bertz CT molecular complexity index is 318. The lowest BCUT2D eigenvalue weighted by Crippen LogP contribution is -2.49. The molecule has 1 fully saturated rings. The smallest absolute Gasteiger partial charge is 0.354 e. The molecule has 0 aromatic carbocycles. The molecule has 0 saturated heterocycles. The fraction of sp³-hybridized carbons (Fsp3) is 0.929. The van der Waals surface area contributed by atoms with Crippen molar-refractivity contribution in [3.05, 3.63) is 0 Å². The first kappa shape index (κ1) is 17.3. The van der Waals surface area contributed by atoms with Gasteiger partial charge >= 0.3 is 6.18 Å². The van der Waals surface area contributed by atoms with Crippen molar-refractivity contribution < 1.29 is 18.0 Å². The molecular weight excluding hydrogens is 269 g/mol. The maximum Gasteiger partial charge on any atom is 0.391 e. The second-order valence-electron chi connectivity index (χ2n) is 6.13. The lowest BCUT2D eigenvalue weighted by Gasteiger charge is -2.32. The minimum atomic E-state index is -4.12. The van der Waals surface area contributed by atoms with Crippen molar-refractivity contribution in [1.82, 2.24) is 10.6 Å². The predicted molar refractivity (Wildman–Crippen MR) is 72.2 cm³/mol. The molecule has 0 radical (unpaired) electrons. The van der Waals surface area contributed by atoms with Gasteiger partial charge in [0.15, 0.2) is 0 Å². The third-order valence-electron chi connectivity index (χ3n) is 3.70. The van der Waals surface area contributed by atoms with Gasteiger partial charge in [0.25, 0.3) is 0 Å². The number of hydrogen-bond donors (Lipinski definition) is 2. The van der Waals surface area contributed by atoms with Crippen LogP contribution in [0.15, 0.2) is 0 Å². The minimum Gasteiger partial charge on any atom is -0.354 e. The second-order valence-corrected chi connectivity index (χ2v) is 6.13. The van der Waals surface area contributed by atoms with Crippen LogP contribution < -0.4 is 10.6 Å². The number of carbonyl (C=O) groups is 1. The summed E-state index contributed by atoms with van der Waals surface area (Å²) < 4.78 is 38.1. The zero-order chi connectivity index (χ0) is 15.3. The van der Waals surface area contributed by atoms with Gasteiger partial charge in [-0.3, -0.25) is 4.79 Å². The molecule has 0 spiro atoms. The number of halogens is 3. The van der Waals surface area contributed by atoms with Gasteiger partial charge in [-0.2, -0.15) is 13.2 Å². The summed E-state index contributed by atoms with van der Waals surface area (Å²) >= 11 is 0. The molecule has 0 aromatic rings. The molecule has 118 valence electrons. The summed E-state index contributed by atoms with van der Waals surface area (Å²) in [6, 6.07) is -0.680. The highest BCUT2D eigenvalue weighted by atomic mass is 19.4. The summed E-state index contributed by atoms with van der Waals surface area (Å²) in [5.74, 6) is -1.03. The Morgan fingerprint density at radius 3 is 2.45 bits per heavy atom. The molecule has 20 heavy (non-hydrogen) atoms. The lowest BCUT2D eigenvalue weighted by atomic mass is 9.85. The van der Waals surface area contributed by atoms with Crippen LogP contribution in [0, 0.1) is 11.8 Å². The quantitative estimate of drug-likeness (QED) is 0.818. The third-order valence-corrected chi connectivity index (χ3v) is 3.70. The summed E-state index contributed by atoms with van der Waals surface area (Å²) in [5.41, 5.74) is 0. The molecule has 6 heteroatoms. The van der Waals surface area contributed by atoms with E-state index < -0.39 is 18.1 Å². The van der Waals surface area contributed by atoms with E-state index in [-0.39, 0.29) is 24.8 Å². The Morgan fingerprint density at radius 2 is 1.90 bits per heavy atom. The predicted octanol–water partition coefficient (Wildman–Crippen LogP) is 2.86. The highest BCUT2D eigenvalue weighted by Gasteiger charge is 2.42. The van der Waals surface area contributed by atoms with Crippen molar-refractivity contribution in [1.29, 1.82) is 0 Å². The van der Waals surface area contributed by atoms with Gasteiger partial charge in [0, 0.05) is 12.6 Å². The summed E-state index contributed by atoms with van der Waals surface area (Å²) in [4.78, 5) is 11.8. The molecule has 1 aliphatic rings. The van der Waals surface area contributed by atoms with E-state index >= 15 is 0 Å². The van der Waals surface area contributed by atoms with Crippen molar-refractivity contribution in [2.24, 2.45) is 11.8 Å². The average molecular weight is 294 g/mol. The molecule has 1 rings (SSSR count). The maximum atomic E-state index is 12.7. The standard InChI is InChI=1S/C14H25F3N2O/c1-9(2)8-18-13(20)10(3)19-12-6-4-5-11(7-12)14(15,16)17/h9-12,19H,4-8H2,1-3H3,(H,18,20). The minimum absolute atomic E-state index is 0.0747. The largest absolute Gasteiger partial charge is 0.391 e. The fourth-order valence-corrected chi connectivity index (χ4v) is 2.53. The van der Waals surface area contributed by atoms with Crippen molar-refractivity contribution in [3.63, 3.8) is 0 Å². The Hall–Kier alpha value is -0.780. The van der Waals surface area contributed by atoms with E-state index in [1.165, 1.54) is 0 Å². The highest BCUT2D eigenvalue weighted by molar-refractivity contribution is 5.81. The molecule has 1 saturated carbocycles. The number of hydrogen-bond acceptors (Lipinski definition) is 2. The van der Waals surface area contributed by atoms with E-state index in [1.54, 1.807) is 6.92 Å². The molecule has 3 nitrogen and oxygen atoms in total. The lowest BCUT2D eigenvalue weighted by molar-refractivity contribution is -0.183. The van der Waals surface area contributed by atoms with Gasteiger partial charge in [-0.1, -0.05) is 20.3 Å². The number of amides is 1. The molecule has 0 aliphatic heterocycles. The van der Waals surface area contributed by atoms with Crippen molar-refractivity contribution in [2.45, 2.75) is 64.7 Å². The summed E-state index contributed by atoms with van der Waals surface area (Å²) in [5, 5.41) is 5.82. The van der Waals surface area contributed by atoms with E-state index in [1.807, 2.05) is 13.8 Å². The van der Waals surface area contributed by atoms with Gasteiger partial charge < -0.3 is 10.6 Å². The number of carbonyl (C=O) groups excluding carboxylic acids is 1. The zero-order valence-corrected chi connectivity index (χ0v) is 12.4. The van der Waals surface area contributed by atoms with Crippen LogP contribution in [0.5, 0.6) is 0 Å². The van der Waals surface area contributed by atoms with Gasteiger partial charge in [0.05, 0.1) is 12.0 Å². The van der Waals surface area contributed by atoms with E-state index in [4.69, 9.17) is 0 Å². The highest BCUT2D eigenvalue weighted by Crippen LogP contribution is 2.37. The second kappa shape index (κ2) is 7.29. The normalized spacial score (nSPS) is 25.6. The van der Waals surface area contributed by atoms with Crippen molar-refractivity contribution in [2.75, 3.05) is 6.54 Å². The van der Waals surface area contributed by atoms with Crippen LogP contribution in [0.1, 0.15) is 46.5 Å². The van der Waals surface area contributed by atoms with E-state index in [2.05, 4.69) is 10.6 Å². The molecule has 3 atom stereocenters. The monoisotopic (exact) mass is 294 g/mol. The van der Waals surface area contributed by atoms with Crippen LogP contribution in [0.25, 0.3) is 0 Å². The summed E-state index contributed by atoms with van der Waals surface area (Å²) in [6.45, 7) is 6.27. The Kier molecular flexibility index (Phi) is 6.30. The summed E-state index contributed by atoms with van der Waals surface area (Å²) in [6.07, 6.45) is -2.58. The SMILES string of the molecule is CC(C)CNC(=O)C(C)NC1CCCC(C(F)(F)F)C1. The Balaban J connectivity index is 2.41. The molecule has 1 amide bonds. The van der Waals surface area contributed by atoms with Crippen LogP contribution in [-0.2, 0) is 4.79 Å².